The first-order valence-electron chi connectivity index (χ1n) is 6.32. The highest BCUT2D eigenvalue weighted by Crippen LogP contribution is 2.20. The summed E-state index contributed by atoms with van der Waals surface area (Å²) in [6.07, 6.45) is -0.369. The molecule has 0 aliphatic heterocycles. The SMILES string of the molecule is COC(=O)CCC(N)C(O)c1ccc(NC(C)=O)cc1. The van der Waals surface area contributed by atoms with Crippen LogP contribution in [0.4, 0.5) is 5.69 Å². The van der Waals surface area contributed by atoms with Crippen molar-refractivity contribution in [3.63, 3.8) is 0 Å². The third-order valence-corrected chi connectivity index (χ3v) is 2.89. The van der Waals surface area contributed by atoms with E-state index < -0.39 is 12.1 Å². The number of rotatable bonds is 6. The number of amides is 1. The lowest BCUT2D eigenvalue weighted by atomic mass is 9.99. The Kier molecular flexibility index (Phi) is 6.14. The number of carbonyl (C=O) groups excluding carboxylic acids is 2. The summed E-state index contributed by atoms with van der Waals surface area (Å²) in [6.45, 7) is 1.42. The van der Waals surface area contributed by atoms with Crippen LogP contribution in [0.1, 0.15) is 31.4 Å². The van der Waals surface area contributed by atoms with E-state index in [4.69, 9.17) is 5.73 Å². The molecule has 0 saturated heterocycles. The van der Waals surface area contributed by atoms with Gasteiger partial charge in [-0.05, 0) is 24.1 Å². The second kappa shape index (κ2) is 7.62. The maximum absolute atomic E-state index is 11.0. The van der Waals surface area contributed by atoms with E-state index in [1.54, 1.807) is 24.3 Å². The van der Waals surface area contributed by atoms with Gasteiger partial charge in [-0.3, -0.25) is 9.59 Å². The Morgan fingerprint density at radius 3 is 2.45 bits per heavy atom. The highest BCUT2D eigenvalue weighted by Gasteiger charge is 2.18. The Morgan fingerprint density at radius 2 is 1.95 bits per heavy atom. The molecule has 1 rings (SSSR count). The molecule has 2 atom stereocenters. The highest BCUT2D eigenvalue weighted by atomic mass is 16.5. The Hall–Kier alpha value is -1.92. The normalized spacial score (nSPS) is 13.4. The molecule has 6 nitrogen and oxygen atoms in total. The van der Waals surface area contributed by atoms with E-state index in [9.17, 15) is 14.7 Å². The number of benzene rings is 1. The van der Waals surface area contributed by atoms with Crippen molar-refractivity contribution in [1.29, 1.82) is 0 Å². The van der Waals surface area contributed by atoms with Crippen LogP contribution in [0.25, 0.3) is 0 Å². The van der Waals surface area contributed by atoms with Crippen LogP contribution >= 0.6 is 0 Å². The van der Waals surface area contributed by atoms with Gasteiger partial charge in [0.15, 0.2) is 0 Å². The number of nitrogens with one attached hydrogen (secondary N) is 1. The molecule has 0 spiro atoms. The fraction of sp³-hybridized carbons (Fsp3) is 0.429. The van der Waals surface area contributed by atoms with Gasteiger partial charge in [0.25, 0.3) is 0 Å². The first-order chi connectivity index (χ1) is 9.43. The van der Waals surface area contributed by atoms with Gasteiger partial charge in [0.05, 0.1) is 13.2 Å². The van der Waals surface area contributed by atoms with Crippen molar-refractivity contribution in [1.82, 2.24) is 0 Å². The molecule has 0 fully saturated rings. The van der Waals surface area contributed by atoms with Gasteiger partial charge in [-0.25, -0.2) is 0 Å². The number of hydrogen-bond acceptors (Lipinski definition) is 5. The Balaban J connectivity index is 2.59. The van der Waals surface area contributed by atoms with Crippen molar-refractivity contribution < 1.29 is 19.4 Å². The molecule has 1 aromatic rings. The zero-order valence-corrected chi connectivity index (χ0v) is 11.6. The molecule has 4 N–H and O–H groups in total. The zero-order valence-electron chi connectivity index (χ0n) is 11.6. The average Bonchev–Trinajstić information content (AvgIpc) is 2.43. The van der Waals surface area contributed by atoms with Crippen molar-refractivity contribution in [2.45, 2.75) is 31.9 Å². The van der Waals surface area contributed by atoms with Crippen molar-refractivity contribution in [3.05, 3.63) is 29.8 Å². The average molecular weight is 280 g/mol. The Morgan fingerprint density at radius 1 is 1.35 bits per heavy atom. The standard InChI is InChI=1S/C14H20N2O4/c1-9(17)16-11-5-3-10(4-6-11)14(19)12(15)7-8-13(18)20-2/h3-6,12,14,19H,7-8,15H2,1-2H3,(H,16,17). The van der Waals surface area contributed by atoms with Crippen LogP contribution in [-0.4, -0.2) is 30.1 Å². The molecule has 20 heavy (non-hydrogen) atoms. The molecule has 0 aliphatic rings. The summed E-state index contributed by atoms with van der Waals surface area (Å²) in [5.74, 6) is -0.512. The van der Waals surface area contributed by atoms with Crippen molar-refractivity contribution in [2.24, 2.45) is 5.73 Å². The summed E-state index contributed by atoms with van der Waals surface area (Å²) in [5, 5.41) is 12.7. The third-order valence-electron chi connectivity index (χ3n) is 2.89. The van der Waals surface area contributed by atoms with Crippen LogP contribution in [0.3, 0.4) is 0 Å². The number of anilines is 1. The molecule has 1 amide bonds. The van der Waals surface area contributed by atoms with Gasteiger partial charge in [0.2, 0.25) is 5.91 Å². The van der Waals surface area contributed by atoms with Gasteiger partial charge in [-0.2, -0.15) is 0 Å². The van der Waals surface area contributed by atoms with Crippen LogP contribution in [0.2, 0.25) is 0 Å². The number of aliphatic hydroxyl groups is 1. The van der Waals surface area contributed by atoms with Gasteiger partial charge >= 0.3 is 5.97 Å². The lowest BCUT2D eigenvalue weighted by Crippen LogP contribution is -2.29. The van der Waals surface area contributed by atoms with E-state index >= 15 is 0 Å². The molecule has 0 aromatic heterocycles. The monoisotopic (exact) mass is 280 g/mol. The zero-order chi connectivity index (χ0) is 15.1. The van der Waals surface area contributed by atoms with Gasteiger partial charge in [-0.1, -0.05) is 12.1 Å². The molecule has 2 unspecified atom stereocenters. The fourth-order valence-electron chi connectivity index (χ4n) is 1.76. The largest absolute Gasteiger partial charge is 0.469 e. The van der Waals surface area contributed by atoms with Gasteiger partial charge in [-0.15, -0.1) is 0 Å². The van der Waals surface area contributed by atoms with Crippen molar-refractivity contribution in [3.8, 4) is 0 Å². The molecule has 110 valence electrons. The minimum atomic E-state index is -0.869. The highest BCUT2D eigenvalue weighted by molar-refractivity contribution is 5.88. The van der Waals surface area contributed by atoms with E-state index in [0.717, 1.165) is 0 Å². The van der Waals surface area contributed by atoms with Crippen LogP contribution in [0.15, 0.2) is 24.3 Å². The summed E-state index contributed by atoms with van der Waals surface area (Å²) >= 11 is 0. The van der Waals surface area contributed by atoms with Crippen molar-refractivity contribution in [2.75, 3.05) is 12.4 Å². The summed E-state index contributed by atoms with van der Waals surface area (Å²) in [5.41, 5.74) is 7.13. The number of nitrogens with two attached hydrogens (primary N) is 1. The van der Waals surface area contributed by atoms with E-state index in [-0.39, 0.29) is 18.3 Å². The second-order valence-corrected chi connectivity index (χ2v) is 4.53. The molecule has 1 aromatic carbocycles. The number of methoxy groups -OCH3 is 1. The quantitative estimate of drug-likeness (QED) is 0.674. The number of ether oxygens (including phenoxy) is 1. The van der Waals surface area contributed by atoms with Gasteiger partial charge in [0, 0.05) is 25.1 Å². The molecule has 0 bridgehead atoms. The second-order valence-electron chi connectivity index (χ2n) is 4.53. The molecule has 6 heteroatoms. The molecular formula is C14H20N2O4. The number of esters is 1. The number of aliphatic hydroxyl groups excluding tert-OH is 1. The van der Waals surface area contributed by atoms with Crippen LogP contribution < -0.4 is 11.1 Å². The van der Waals surface area contributed by atoms with Crippen molar-refractivity contribution >= 4 is 17.6 Å². The molecule has 0 saturated carbocycles. The van der Waals surface area contributed by atoms with Crippen LogP contribution in [0.5, 0.6) is 0 Å². The predicted molar refractivity (Wildman–Crippen MR) is 74.9 cm³/mol. The van der Waals surface area contributed by atoms with Gasteiger partial charge < -0.3 is 20.9 Å². The topological polar surface area (TPSA) is 102 Å². The van der Waals surface area contributed by atoms with E-state index in [2.05, 4.69) is 10.1 Å². The van der Waals surface area contributed by atoms with E-state index in [0.29, 0.717) is 17.7 Å². The minimum absolute atomic E-state index is 0.159. The summed E-state index contributed by atoms with van der Waals surface area (Å²) < 4.78 is 4.52. The minimum Gasteiger partial charge on any atom is -0.469 e. The molecule has 0 heterocycles. The number of hydrogen-bond donors (Lipinski definition) is 3. The first-order valence-corrected chi connectivity index (χ1v) is 6.32. The maximum Gasteiger partial charge on any atom is 0.305 e. The lowest BCUT2D eigenvalue weighted by molar-refractivity contribution is -0.140. The third kappa shape index (κ3) is 4.99. The number of carbonyl (C=O) groups is 2. The maximum atomic E-state index is 11.0. The Bertz CT molecular complexity index is 459. The van der Waals surface area contributed by atoms with Crippen LogP contribution in [-0.2, 0) is 14.3 Å². The van der Waals surface area contributed by atoms with E-state index in [1.165, 1.54) is 14.0 Å². The fourth-order valence-corrected chi connectivity index (χ4v) is 1.76. The van der Waals surface area contributed by atoms with E-state index in [1.807, 2.05) is 0 Å². The Labute approximate surface area is 117 Å². The molecule has 0 aliphatic carbocycles. The molecule has 0 radical (unpaired) electrons. The first kappa shape index (κ1) is 16.1. The summed E-state index contributed by atoms with van der Waals surface area (Å²) in [6, 6.07) is 6.20. The van der Waals surface area contributed by atoms with Gasteiger partial charge in [0.1, 0.15) is 0 Å². The summed E-state index contributed by atoms with van der Waals surface area (Å²) in [4.78, 5) is 21.9. The lowest BCUT2D eigenvalue weighted by Gasteiger charge is -2.19. The van der Waals surface area contributed by atoms with Crippen LogP contribution in [0, 0.1) is 0 Å². The smallest absolute Gasteiger partial charge is 0.305 e. The summed E-state index contributed by atoms with van der Waals surface area (Å²) in [7, 11) is 1.31. The predicted octanol–water partition coefficient (Wildman–Crippen LogP) is 0.959. The molecular weight excluding hydrogens is 260 g/mol.